The van der Waals surface area contributed by atoms with E-state index < -0.39 is 38.0 Å². The molecule has 0 aliphatic carbocycles. The fraction of sp³-hybridized carbons (Fsp3) is 0.500. The number of carbonyl (C=O) groups excluding carboxylic acids is 3. The van der Waals surface area contributed by atoms with Crippen molar-refractivity contribution >= 4 is 55.3 Å². The zero-order valence-corrected chi connectivity index (χ0v) is 25.0. The van der Waals surface area contributed by atoms with Crippen LogP contribution in [0.25, 0.3) is 10.9 Å². The Morgan fingerprint density at radius 2 is 1.76 bits per heavy atom. The number of nitrogens with one attached hydrogen (secondary N) is 2. The number of fused-ring (bicyclic) bond motifs is 1. The molecule has 0 unspecified atom stereocenters. The number of hydrogen-bond acceptors (Lipinski definition) is 10. The average Bonchev–Trinajstić information content (AvgIpc) is 3.50. The number of para-hydroxylation sites is 1. The van der Waals surface area contributed by atoms with Gasteiger partial charge in [-0.15, -0.1) is 10.2 Å². The van der Waals surface area contributed by atoms with Gasteiger partial charge in [0.05, 0.1) is 5.52 Å². The van der Waals surface area contributed by atoms with Crippen molar-refractivity contribution in [3.05, 3.63) is 36.0 Å². The smallest absolute Gasteiger partial charge is 0.419 e. The number of anilines is 1. The topological polar surface area (TPSA) is 201 Å². The first-order valence-electron chi connectivity index (χ1n) is 13.3. The Morgan fingerprint density at radius 1 is 1.07 bits per heavy atom. The normalized spacial score (nSPS) is 12.7. The third kappa shape index (κ3) is 9.59. The molecule has 1 atom stereocenters. The molecule has 2 amide bonds. The maximum Gasteiger partial charge on any atom is 0.419 e. The number of amides is 2. The van der Waals surface area contributed by atoms with Crippen LogP contribution in [0.5, 0.6) is 0 Å². The van der Waals surface area contributed by atoms with Gasteiger partial charge in [0, 0.05) is 24.4 Å². The number of primary sulfonamides is 1. The summed E-state index contributed by atoms with van der Waals surface area (Å²) in [6, 6.07) is 6.09. The number of carbonyl (C=O) groups is 3. The third-order valence-electron chi connectivity index (χ3n) is 5.95. The summed E-state index contributed by atoms with van der Waals surface area (Å²) in [5.41, 5.74) is 6.01. The second-order valence-corrected chi connectivity index (χ2v) is 13.3. The van der Waals surface area contributed by atoms with Crippen LogP contribution >= 0.6 is 11.3 Å². The molecular formula is C26H37N7O6S2. The summed E-state index contributed by atoms with van der Waals surface area (Å²) < 4.78 is 29.6. The standard InChI is InChI=1S/C26H37N7O6S2/c1-26(2,3)39-25(36)33-16-17(18-11-8-9-12-20(18)33)15-19(29-21(34)13-7-5-4-6-10-14-27)22(35)30-23-31-32-24(40-23)41(28,37)38/h8-9,11-12,16,19H,4-7,10,13-15,27H2,1-3H3,(H,29,34)(H2,28,37,38)(H,30,31,35)/t19-/m0/s1. The minimum atomic E-state index is -4.10. The Hall–Kier alpha value is -3.40. The summed E-state index contributed by atoms with van der Waals surface area (Å²) >= 11 is 0.596. The van der Waals surface area contributed by atoms with Gasteiger partial charge < -0.3 is 15.8 Å². The summed E-state index contributed by atoms with van der Waals surface area (Å²) in [6.07, 6.45) is 5.66. The van der Waals surface area contributed by atoms with Gasteiger partial charge in [-0.3, -0.25) is 19.5 Å². The molecule has 41 heavy (non-hydrogen) atoms. The predicted octanol–water partition coefficient (Wildman–Crippen LogP) is 2.89. The maximum absolute atomic E-state index is 13.3. The van der Waals surface area contributed by atoms with Crippen molar-refractivity contribution in [2.45, 2.75) is 81.7 Å². The van der Waals surface area contributed by atoms with E-state index in [0.717, 1.165) is 25.7 Å². The number of ether oxygens (including phenoxy) is 1. The number of nitrogens with two attached hydrogens (primary N) is 2. The second-order valence-electron chi connectivity index (χ2n) is 10.6. The van der Waals surface area contributed by atoms with Crippen molar-refractivity contribution in [2.75, 3.05) is 11.9 Å². The van der Waals surface area contributed by atoms with Crippen LogP contribution in [0.1, 0.15) is 64.9 Å². The van der Waals surface area contributed by atoms with E-state index >= 15 is 0 Å². The molecule has 15 heteroatoms. The number of unbranched alkanes of at least 4 members (excludes halogenated alkanes) is 4. The lowest BCUT2D eigenvalue weighted by Crippen LogP contribution is -2.45. The Bertz CT molecular complexity index is 1480. The van der Waals surface area contributed by atoms with Gasteiger partial charge in [0.25, 0.3) is 10.0 Å². The average molecular weight is 608 g/mol. The van der Waals surface area contributed by atoms with Crippen LogP contribution in [0.15, 0.2) is 34.8 Å². The molecular weight excluding hydrogens is 570 g/mol. The van der Waals surface area contributed by atoms with Gasteiger partial charge in [0.2, 0.25) is 21.3 Å². The summed E-state index contributed by atoms with van der Waals surface area (Å²) in [7, 11) is -4.10. The molecule has 2 heterocycles. The monoisotopic (exact) mass is 607 g/mol. The molecule has 0 fully saturated rings. The fourth-order valence-electron chi connectivity index (χ4n) is 4.10. The van der Waals surface area contributed by atoms with E-state index in [9.17, 15) is 22.8 Å². The third-order valence-corrected chi connectivity index (χ3v) is 8.10. The molecule has 224 valence electrons. The Kier molecular flexibility index (Phi) is 11.0. The molecule has 6 N–H and O–H groups in total. The first-order chi connectivity index (χ1) is 19.3. The van der Waals surface area contributed by atoms with Crippen LogP contribution in [0.2, 0.25) is 0 Å². The van der Waals surface area contributed by atoms with Gasteiger partial charge in [-0.25, -0.2) is 18.4 Å². The largest absolute Gasteiger partial charge is 0.443 e. The first kappa shape index (κ1) is 32.1. The number of hydrogen-bond donors (Lipinski definition) is 4. The predicted molar refractivity (Wildman–Crippen MR) is 156 cm³/mol. The van der Waals surface area contributed by atoms with Crippen molar-refractivity contribution in [3.63, 3.8) is 0 Å². The molecule has 0 aliphatic heterocycles. The van der Waals surface area contributed by atoms with Crippen LogP contribution in [0.4, 0.5) is 9.93 Å². The number of nitrogens with zero attached hydrogens (tertiary/aromatic N) is 3. The molecule has 0 radical (unpaired) electrons. The van der Waals surface area contributed by atoms with Crippen LogP contribution in [0, 0.1) is 0 Å². The number of rotatable bonds is 13. The Balaban J connectivity index is 1.84. The highest BCUT2D eigenvalue weighted by Gasteiger charge is 2.27. The van der Waals surface area contributed by atoms with Gasteiger partial charge in [-0.1, -0.05) is 48.8 Å². The van der Waals surface area contributed by atoms with Crippen LogP contribution in [-0.4, -0.2) is 59.3 Å². The number of benzene rings is 1. The molecule has 0 saturated carbocycles. The van der Waals surface area contributed by atoms with Gasteiger partial charge >= 0.3 is 6.09 Å². The van der Waals surface area contributed by atoms with Gasteiger partial charge in [0.1, 0.15) is 11.6 Å². The zero-order valence-electron chi connectivity index (χ0n) is 23.4. The van der Waals surface area contributed by atoms with E-state index in [1.165, 1.54) is 4.57 Å². The molecule has 2 aromatic heterocycles. The SMILES string of the molecule is CC(C)(C)OC(=O)n1cc(C[C@H](NC(=O)CCCCCCCN)C(=O)Nc2nnc(S(N)(=O)=O)s2)c2ccccc21. The molecule has 0 spiro atoms. The minimum Gasteiger partial charge on any atom is -0.443 e. The highest BCUT2D eigenvalue weighted by Crippen LogP contribution is 2.25. The lowest BCUT2D eigenvalue weighted by atomic mass is 10.0. The van der Waals surface area contributed by atoms with Crippen molar-refractivity contribution in [2.24, 2.45) is 10.9 Å². The number of aromatic nitrogens is 3. The van der Waals surface area contributed by atoms with E-state index in [1.54, 1.807) is 45.2 Å². The van der Waals surface area contributed by atoms with E-state index in [2.05, 4.69) is 20.8 Å². The summed E-state index contributed by atoms with van der Waals surface area (Å²) in [5.74, 6) is -0.949. The summed E-state index contributed by atoms with van der Waals surface area (Å²) in [5, 5.41) is 18.2. The summed E-state index contributed by atoms with van der Waals surface area (Å²) in [4.78, 5) is 39.1. The van der Waals surface area contributed by atoms with Gasteiger partial charge in [0.15, 0.2) is 0 Å². The second kappa shape index (κ2) is 14.0. The van der Waals surface area contributed by atoms with E-state index in [0.29, 0.717) is 40.8 Å². The van der Waals surface area contributed by atoms with E-state index in [-0.39, 0.29) is 23.9 Å². The summed E-state index contributed by atoms with van der Waals surface area (Å²) in [6.45, 7) is 5.93. The number of sulfonamides is 1. The molecule has 13 nitrogen and oxygen atoms in total. The lowest BCUT2D eigenvalue weighted by Gasteiger charge is -2.19. The Labute approximate surface area is 243 Å². The van der Waals surface area contributed by atoms with Crippen molar-refractivity contribution in [1.29, 1.82) is 0 Å². The lowest BCUT2D eigenvalue weighted by molar-refractivity contribution is -0.126. The molecule has 0 bridgehead atoms. The van der Waals surface area contributed by atoms with Gasteiger partial charge in [-0.2, -0.15) is 0 Å². The molecule has 0 saturated heterocycles. The maximum atomic E-state index is 13.3. The molecule has 1 aromatic carbocycles. The Morgan fingerprint density at radius 3 is 2.41 bits per heavy atom. The zero-order chi connectivity index (χ0) is 30.2. The quantitative estimate of drug-likeness (QED) is 0.166. The minimum absolute atomic E-state index is 0.0330. The molecule has 0 aliphatic rings. The van der Waals surface area contributed by atoms with Crippen LogP contribution in [-0.2, 0) is 30.8 Å². The van der Waals surface area contributed by atoms with Crippen molar-refractivity contribution in [1.82, 2.24) is 20.1 Å². The van der Waals surface area contributed by atoms with Gasteiger partial charge in [-0.05, 0) is 51.8 Å². The van der Waals surface area contributed by atoms with E-state index in [4.69, 9.17) is 15.6 Å². The highest BCUT2D eigenvalue weighted by atomic mass is 32.2. The fourth-order valence-corrected chi connectivity index (χ4v) is 5.44. The van der Waals surface area contributed by atoms with E-state index in [1.807, 2.05) is 6.07 Å². The van der Waals surface area contributed by atoms with Crippen LogP contribution < -0.4 is 21.5 Å². The first-order valence-corrected chi connectivity index (χ1v) is 15.6. The van der Waals surface area contributed by atoms with Crippen molar-refractivity contribution < 1.29 is 27.5 Å². The van der Waals surface area contributed by atoms with Crippen molar-refractivity contribution in [3.8, 4) is 0 Å². The van der Waals surface area contributed by atoms with Crippen LogP contribution in [0.3, 0.4) is 0 Å². The highest BCUT2D eigenvalue weighted by molar-refractivity contribution is 7.91. The molecule has 3 aromatic rings. The molecule has 3 rings (SSSR count).